The van der Waals surface area contributed by atoms with Crippen molar-refractivity contribution in [3.63, 3.8) is 0 Å². The van der Waals surface area contributed by atoms with E-state index >= 15 is 0 Å². The highest BCUT2D eigenvalue weighted by Crippen LogP contribution is 2.26. The standard InChI is InChI=1S/C11H12BrN/c1-7(6-13)10-4-5-11(12)9(3)8(10)2/h4-5,7H,1-3H3. The lowest BCUT2D eigenvalue weighted by molar-refractivity contribution is 0.959. The highest BCUT2D eigenvalue weighted by molar-refractivity contribution is 9.10. The Kier molecular flexibility index (Phi) is 3.11. The minimum atomic E-state index is -0.0215. The van der Waals surface area contributed by atoms with E-state index in [4.69, 9.17) is 5.26 Å². The Morgan fingerprint density at radius 3 is 2.46 bits per heavy atom. The van der Waals surface area contributed by atoms with Crippen molar-refractivity contribution < 1.29 is 0 Å². The predicted octanol–water partition coefficient (Wildman–Crippen LogP) is 3.69. The molecule has 0 bridgehead atoms. The molecular weight excluding hydrogens is 226 g/mol. The predicted molar refractivity (Wildman–Crippen MR) is 57.6 cm³/mol. The van der Waals surface area contributed by atoms with Gasteiger partial charge in [-0.1, -0.05) is 22.0 Å². The topological polar surface area (TPSA) is 23.8 Å². The molecular formula is C11H12BrN. The molecule has 1 nitrogen and oxygen atoms in total. The number of hydrogen-bond acceptors (Lipinski definition) is 1. The molecule has 0 radical (unpaired) electrons. The normalized spacial score (nSPS) is 12.2. The molecule has 0 heterocycles. The molecule has 0 saturated carbocycles. The van der Waals surface area contributed by atoms with Crippen LogP contribution in [0.5, 0.6) is 0 Å². The van der Waals surface area contributed by atoms with Crippen LogP contribution in [0.4, 0.5) is 0 Å². The summed E-state index contributed by atoms with van der Waals surface area (Å²) >= 11 is 3.47. The van der Waals surface area contributed by atoms with Gasteiger partial charge in [0.25, 0.3) is 0 Å². The SMILES string of the molecule is Cc1c(Br)ccc(C(C)C#N)c1C. The molecule has 68 valence electrons. The summed E-state index contributed by atoms with van der Waals surface area (Å²) in [4.78, 5) is 0. The molecule has 13 heavy (non-hydrogen) atoms. The highest BCUT2D eigenvalue weighted by atomic mass is 79.9. The molecule has 0 aliphatic carbocycles. The van der Waals surface area contributed by atoms with Gasteiger partial charge in [0.15, 0.2) is 0 Å². The van der Waals surface area contributed by atoms with Gasteiger partial charge in [-0.2, -0.15) is 5.26 Å². The largest absolute Gasteiger partial charge is 0.198 e. The summed E-state index contributed by atoms with van der Waals surface area (Å²) in [5.74, 6) is -0.0215. The summed E-state index contributed by atoms with van der Waals surface area (Å²) in [5, 5.41) is 8.81. The van der Waals surface area contributed by atoms with E-state index in [2.05, 4.69) is 35.8 Å². The summed E-state index contributed by atoms with van der Waals surface area (Å²) in [6.07, 6.45) is 0. The summed E-state index contributed by atoms with van der Waals surface area (Å²) in [7, 11) is 0. The van der Waals surface area contributed by atoms with Crippen molar-refractivity contribution in [3.8, 4) is 6.07 Å². The summed E-state index contributed by atoms with van der Waals surface area (Å²) in [6.45, 7) is 6.05. The van der Waals surface area contributed by atoms with Gasteiger partial charge in [-0.25, -0.2) is 0 Å². The molecule has 1 aromatic carbocycles. The Morgan fingerprint density at radius 2 is 1.92 bits per heavy atom. The molecule has 1 unspecified atom stereocenters. The van der Waals surface area contributed by atoms with Crippen LogP contribution in [0.25, 0.3) is 0 Å². The van der Waals surface area contributed by atoms with E-state index in [-0.39, 0.29) is 5.92 Å². The van der Waals surface area contributed by atoms with Crippen LogP contribution < -0.4 is 0 Å². The third-order valence-corrected chi connectivity index (χ3v) is 3.28. The number of benzene rings is 1. The van der Waals surface area contributed by atoms with E-state index in [0.29, 0.717) is 0 Å². The Labute approximate surface area is 87.5 Å². The first-order valence-corrected chi connectivity index (χ1v) is 5.02. The minimum absolute atomic E-state index is 0.0215. The molecule has 0 spiro atoms. The Morgan fingerprint density at radius 1 is 1.31 bits per heavy atom. The van der Waals surface area contributed by atoms with Crippen molar-refractivity contribution in [2.75, 3.05) is 0 Å². The lowest BCUT2D eigenvalue weighted by Gasteiger charge is -2.11. The van der Waals surface area contributed by atoms with Crippen LogP contribution in [-0.4, -0.2) is 0 Å². The van der Waals surface area contributed by atoms with E-state index in [9.17, 15) is 0 Å². The molecule has 2 heteroatoms. The van der Waals surface area contributed by atoms with Crippen molar-refractivity contribution >= 4 is 15.9 Å². The van der Waals surface area contributed by atoms with Crippen LogP contribution in [0.2, 0.25) is 0 Å². The fourth-order valence-corrected chi connectivity index (χ4v) is 1.78. The van der Waals surface area contributed by atoms with Gasteiger partial charge in [0.1, 0.15) is 0 Å². The molecule has 0 aromatic heterocycles. The second-order valence-electron chi connectivity index (χ2n) is 3.24. The molecule has 0 aliphatic rings. The second kappa shape index (κ2) is 3.93. The van der Waals surface area contributed by atoms with Crippen molar-refractivity contribution in [1.82, 2.24) is 0 Å². The molecule has 0 N–H and O–H groups in total. The number of nitriles is 1. The maximum absolute atomic E-state index is 8.81. The molecule has 0 fully saturated rings. The minimum Gasteiger partial charge on any atom is -0.198 e. The van der Waals surface area contributed by atoms with E-state index in [0.717, 1.165) is 10.0 Å². The zero-order chi connectivity index (χ0) is 10.0. The van der Waals surface area contributed by atoms with Crippen LogP contribution >= 0.6 is 15.9 Å². The van der Waals surface area contributed by atoms with Gasteiger partial charge in [-0.3, -0.25) is 0 Å². The van der Waals surface area contributed by atoms with Crippen LogP contribution in [0, 0.1) is 25.2 Å². The van der Waals surface area contributed by atoms with Gasteiger partial charge < -0.3 is 0 Å². The van der Waals surface area contributed by atoms with Gasteiger partial charge in [0.2, 0.25) is 0 Å². The lowest BCUT2D eigenvalue weighted by atomic mass is 9.95. The molecule has 1 atom stereocenters. The average molecular weight is 238 g/mol. The van der Waals surface area contributed by atoms with E-state index in [1.807, 2.05) is 19.1 Å². The smallest absolute Gasteiger partial charge is 0.0701 e. The number of rotatable bonds is 1. The molecule has 0 aliphatic heterocycles. The maximum atomic E-state index is 8.81. The Hall–Kier alpha value is -0.810. The van der Waals surface area contributed by atoms with E-state index < -0.39 is 0 Å². The first kappa shape index (κ1) is 10.3. The Balaban J connectivity index is 3.28. The monoisotopic (exact) mass is 237 g/mol. The van der Waals surface area contributed by atoms with E-state index in [1.54, 1.807) is 0 Å². The van der Waals surface area contributed by atoms with Crippen molar-refractivity contribution in [2.45, 2.75) is 26.7 Å². The third kappa shape index (κ3) is 1.92. The summed E-state index contributed by atoms with van der Waals surface area (Å²) in [6, 6.07) is 6.27. The van der Waals surface area contributed by atoms with Crippen LogP contribution in [0.15, 0.2) is 16.6 Å². The Bertz CT molecular complexity index is 363. The van der Waals surface area contributed by atoms with Gasteiger partial charge in [0, 0.05) is 4.47 Å². The van der Waals surface area contributed by atoms with Crippen molar-refractivity contribution in [1.29, 1.82) is 5.26 Å². The summed E-state index contributed by atoms with van der Waals surface area (Å²) in [5.41, 5.74) is 3.56. The third-order valence-electron chi connectivity index (χ3n) is 2.42. The van der Waals surface area contributed by atoms with Crippen LogP contribution in [-0.2, 0) is 0 Å². The van der Waals surface area contributed by atoms with Gasteiger partial charge in [-0.05, 0) is 43.5 Å². The number of hydrogen-bond donors (Lipinski definition) is 0. The molecule has 1 aromatic rings. The van der Waals surface area contributed by atoms with Crippen LogP contribution in [0.3, 0.4) is 0 Å². The average Bonchev–Trinajstić information content (AvgIpc) is 2.13. The number of halogens is 1. The molecule has 0 amide bonds. The fourth-order valence-electron chi connectivity index (χ4n) is 1.35. The lowest BCUT2D eigenvalue weighted by Crippen LogP contribution is -1.96. The highest BCUT2D eigenvalue weighted by Gasteiger charge is 2.09. The van der Waals surface area contributed by atoms with Crippen LogP contribution in [0.1, 0.15) is 29.5 Å². The van der Waals surface area contributed by atoms with Gasteiger partial charge in [0.05, 0.1) is 12.0 Å². The quantitative estimate of drug-likeness (QED) is 0.731. The van der Waals surface area contributed by atoms with E-state index in [1.165, 1.54) is 11.1 Å². The summed E-state index contributed by atoms with van der Waals surface area (Å²) < 4.78 is 1.11. The number of nitrogens with zero attached hydrogens (tertiary/aromatic N) is 1. The fraction of sp³-hybridized carbons (Fsp3) is 0.364. The first-order chi connectivity index (χ1) is 6.07. The molecule has 0 saturated heterocycles. The zero-order valence-electron chi connectivity index (χ0n) is 8.06. The maximum Gasteiger partial charge on any atom is 0.0701 e. The first-order valence-electron chi connectivity index (χ1n) is 4.23. The molecule has 1 rings (SSSR count). The second-order valence-corrected chi connectivity index (χ2v) is 4.09. The van der Waals surface area contributed by atoms with Gasteiger partial charge in [-0.15, -0.1) is 0 Å². The van der Waals surface area contributed by atoms with Crippen molar-refractivity contribution in [2.24, 2.45) is 0 Å². The van der Waals surface area contributed by atoms with Crippen molar-refractivity contribution in [3.05, 3.63) is 33.3 Å². The zero-order valence-corrected chi connectivity index (χ0v) is 9.64. The van der Waals surface area contributed by atoms with Gasteiger partial charge >= 0.3 is 0 Å².